The number of carbonyl (C=O) groups excluding carboxylic acids is 1. The summed E-state index contributed by atoms with van der Waals surface area (Å²) < 4.78 is 4.64. The van der Waals surface area contributed by atoms with Gasteiger partial charge in [-0.25, -0.2) is 4.79 Å². The predicted molar refractivity (Wildman–Crippen MR) is 60.4 cm³/mol. The zero-order valence-corrected chi connectivity index (χ0v) is 9.62. The minimum absolute atomic E-state index is 0.0256. The molecule has 0 aliphatic rings. The molecule has 1 aromatic carbocycles. The first kappa shape index (κ1) is 13.7. The summed E-state index contributed by atoms with van der Waals surface area (Å²) in [7, 11) is 0. The molecule has 0 aliphatic carbocycles. The number of ether oxygens (including phenoxy) is 1. The van der Waals surface area contributed by atoms with Gasteiger partial charge in [-0.2, -0.15) is 0 Å². The molecule has 1 aromatic rings. The third-order valence-corrected chi connectivity index (χ3v) is 2.27. The van der Waals surface area contributed by atoms with E-state index in [4.69, 9.17) is 10.2 Å². The summed E-state index contributed by atoms with van der Waals surface area (Å²) in [4.78, 5) is 33.6. The molecule has 1 rings (SSSR count). The largest absolute Gasteiger partial charge is 0.480 e. The molecule has 96 valence electrons. The molecule has 18 heavy (non-hydrogen) atoms. The van der Waals surface area contributed by atoms with Crippen molar-refractivity contribution in [3.63, 3.8) is 0 Å². The Bertz CT molecular complexity index is 479. The monoisotopic (exact) mass is 252 g/mol. The van der Waals surface area contributed by atoms with Gasteiger partial charge in [0.15, 0.2) is 5.92 Å². The fourth-order valence-electron chi connectivity index (χ4n) is 1.53. The van der Waals surface area contributed by atoms with E-state index in [9.17, 15) is 14.4 Å². The molecule has 0 bridgehead atoms. The Labute approximate surface area is 103 Å². The SMILES string of the molecule is CCOC(=O)C(C(=O)O)c1ccccc1C(=O)O. The van der Waals surface area contributed by atoms with Crippen LogP contribution >= 0.6 is 0 Å². The van der Waals surface area contributed by atoms with Crippen LogP contribution < -0.4 is 0 Å². The van der Waals surface area contributed by atoms with E-state index in [0.717, 1.165) is 0 Å². The molecule has 1 unspecified atom stereocenters. The molecule has 0 saturated carbocycles. The maximum absolute atomic E-state index is 11.6. The Morgan fingerprint density at radius 3 is 2.33 bits per heavy atom. The molecule has 0 fully saturated rings. The fraction of sp³-hybridized carbons (Fsp3) is 0.250. The van der Waals surface area contributed by atoms with Crippen molar-refractivity contribution in [3.05, 3.63) is 35.4 Å². The van der Waals surface area contributed by atoms with Crippen molar-refractivity contribution in [2.45, 2.75) is 12.8 Å². The normalized spacial score (nSPS) is 11.6. The molecule has 6 heteroatoms. The molecule has 0 radical (unpaired) electrons. The minimum Gasteiger partial charge on any atom is -0.480 e. The summed E-state index contributed by atoms with van der Waals surface area (Å²) in [5.41, 5.74) is -0.311. The maximum atomic E-state index is 11.6. The number of benzene rings is 1. The van der Waals surface area contributed by atoms with E-state index in [2.05, 4.69) is 4.74 Å². The van der Waals surface area contributed by atoms with E-state index in [1.54, 1.807) is 6.92 Å². The van der Waals surface area contributed by atoms with Gasteiger partial charge < -0.3 is 14.9 Å². The number of carbonyl (C=O) groups is 3. The molecule has 0 saturated heterocycles. The number of hydrogen-bond acceptors (Lipinski definition) is 4. The van der Waals surface area contributed by atoms with Gasteiger partial charge in [0.05, 0.1) is 12.2 Å². The lowest BCUT2D eigenvalue weighted by Crippen LogP contribution is -2.25. The quantitative estimate of drug-likeness (QED) is 0.601. The third-order valence-electron chi connectivity index (χ3n) is 2.27. The zero-order chi connectivity index (χ0) is 13.7. The zero-order valence-electron chi connectivity index (χ0n) is 9.62. The summed E-state index contributed by atoms with van der Waals surface area (Å²) in [6, 6.07) is 5.46. The van der Waals surface area contributed by atoms with Gasteiger partial charge in [0.25, 0.3) is 0 Å². The Balaban J connectivity index is 3.26. The second kappa shape index (κ2) is 5.81. The third kappa shape index (κ3) is 2.85. The van der Waals surface area contributed by atoms with E-state index in [-0.39, 0.29) is 17.7 Å². The molecule has 2 N–H and O–H groups in total. The molecule has 0 aromatic heterocycles. The first-order valence-corrected chi connectivity index (χ1v) is 5.20. The van der Waals surface area contributed by atoms with E-state index >= 15 is 0 Å². The van der Waals surface area contributed by atoms with Crippen LogP contribution in [-0.2, 0) is 14.3 Å². The molecule has 0 spiro atoms. The van der Waals surface area contributed by atoms with Crippen molar-refractivity contribution in [2.24, 2.45) is 0 Å². The molecular weight excluding hydrogens is 240 g/mol. The first-order valence-electron chi connectivity index (χ1n) is 5.20. The smallest absolute Gasteiger partial charge is 0.336 e. The number of aromatic carboxylic acids is 1. The predicted octanol–water partition coefficient (Wildman–Crippen LogP) is 1.12. The highest BCUT2D eigenvalue weighted by molar-refractivity contribution is 6.03. The van der Waals surface area contributed by atoms with Gasteiger partial charge in [-0.1, -0.05) is 18.2 Å². The number of aliphatic carboxylic acids is 1. The number of esters is 1. The van der Waals surface area contributed by atoms with Crippen LogP contribution in [0.5, 0.6) is 0 Å². The lowest BCUT2D eigenvalue weighted by atomic mass is 9.94. The van der Waals surface area contributed by atoms with Crippen LogP contribution in [0.15, 0.2) is 24.3 Å². The fourth-order valence-corrected chi connectivity index (χ4v) is 1.53. The van der Waals surface area contributed by atoms with Gasteiger partial charge in [0.2, 0.25) is 0 Å². The van der Waals surface area contributed by atoms with Gasteiger partial charge in [-0.05, 0) is 18.6 Å². The summed E-state index contributed by atoms with van der Waals surface area (Å²) in [6.07, 6.45) is 0. The number of carboxylic acid groups (broad SMARTS) is 2. The summed E-state index contributed by atoms with van der Waals surface area (Å²) in [5, 5.41) is 18.0. The van der Waals surface area contributed by atoms with Gasteiger partial charge in [0, 0.05) is 0 Å². The van der Waals surface area contributed by atoms with Crippen molar-refractivity contribution < 1.29 is 29.3 Å². The molecular formula is C12H12O6. The van der Waals surface area contributed by atoms with Crippen LogP contribution in [-0.4, -0.2) is 34.7 Å². The summed E-state index contributed by atoms with van der Waals surface area (Å²) in [6.45, 7) is 1.57. The van der Waals surface area contributed by atoms with Crippen molar-refractivity contribution in [3.8, 4) is 0 Å². The molecule has 0 heterocycles. The lowest BCUT2D eigenvalue weighted by Gasteiger charge is -2.13. The Kier molecular flexibility index (Phi) is 4.42. The van der Waals surface area contributed by atoms with Gasteiger partial charge in [-0.15, -0.1) is 0 Å². The van der Waals surface area contributed by atoms with Crippen molar-refractivity contribution in [1.82, 2.24) is 0 Å². The highest BCUT2D eigenvalue weighted by Gasteiger charge is 2.32. The number of rotatable bonds is 5. The summed E-state index contributed by atoms with van der Waals surface area (Å²) in [5.74, 6) is -5.33. The van der Waals surface area contributed by atoms with Crippen molar-refractivity contribution in [2.75, 3.05) is 6.61 Å². The topological polar surface area (TPSA) is 101 Å². The Morgan fingerprint density at radius 2 is 1.83 bits per heavy atom. The van der Waals surface area contributed by atoms with E-state index in [1.165, 1.54) is 24.3 Å². The van der Waals surface area contributed by atoms with Crippen LogP contribution in [0.25, 0.3) is 0 Å². The standard InChI is InChI=1S/C12H12O6/c1-2-18-12(17)9(11(15)16)7-5-3-4-6-8(7)10(13)14/h3-6,9H,2H2,1H3,(H,13,14)(H,15,16). The number of carboxylic acids is 2. The van der Waals surface area contributed by atoms with E-state index in [1.807, 2.05) is 0 Å². The van der Waals surface area contributed by atoms with E-state index < -0.39 is 23.8 Å². The first-order chi connectivity index (χ1) is 8.49. The highest BCUT2D eigenvalue weighted by Crippen LogP contribution is 2.22. The number of hydrogen-bond donors (Lipinski definition) is 2. The average molecular weight is 252 g/mol. The second-order valence-corrected chi connectivity index (χ2v) is 3.42. The van der Waals surface area contributed by atoms with Gasteiger partial charge in [0.1, 0.15) is 0 Å². The van der Waals surface area contributed by atoms with Crippen LogP contribution in [0.4, 0.5) is 0 Å². The van der Waals surface area contributed by atoms with Crippen LogP contribution in [0.1, 0.15) is 28.8 Å². The van der Waals surface area contributed by atoms with Crippen molar-refractivity contribution >= 4 is 17.9 Å². The molecule has 1 atom stereocenters. The van der Waals surface area contributed by atoms with Crippen LogP contribution in [0.2, 0.25) is 0 Å². The van der Waals surface area contributed by atoms with Gasteiger partial charge in [-0.3, -0.25) is 9.59 Å². The lowest BCUT2D eigenvalue weighted by molar-refractivity contribution is -0.153. The maximum Gasteiger partial charge on any atom is 0.336 e. The average Bonchev–Trinajstić information content (AvgIpc) is 2.29. The van der Waals surface area contributed by atoms with Crippen LogP contribution in [0.3, 0.4) is 0 Å². The minimum atomic E-state index is -1.63. The van der Waals surface area contributed by atoms with Crippen molar-refractivity contribution in [1.29, 1.82) is 0 Å². The Morgan fingerprint density at radius 1 is 1.22 bits per heavy atom. The highest BCUT2D eigenvalue weighted by atomic mass is 16.5. The Hall–Kier alpha value is -2.37. The second-order valence-electron chi connectivity index (χ2n) is 3.42. The molecule has 0 aliphatic heterocycles. The van der Waals surface area contributed by atoms with Gasteiger partial charge >= 0.3 is 17.9 Å². The molecule has 6 nitrogen and oxygen atoms in total. The molecule has 0 amide bonds. The summed E-state index contributed by atoms with van der Waals surface area (Å²) >= 11 is 0. The van der Waals surface area contributed by atoms with E-state index in [0.29, 0.717) is 0 Å². The van der Waals surface area contributed by atoms with Crippen LogP contribution in [0, 0.1) is 0 Å².